The second-order valence-corrected chi connectivity index (χ2v) is 8.35. The van der Waals surface area contributed by atoms with Crippen molar-refractivity contribution < 1.29 is 0 Å². The van der Waals surface area contributed by atoms with Gasteiger partial charge in [-0.05, 0) is 47.7 Å². The van der Waals surface area contributed by atoms with Gasteiger partial charge in [0.15, 0.2) is 0 Å². The lowest BCUT2D eigenvalue weighted by Crippen LogP contribution is -2.41. The number of rotatable bonds is 3. The fraction of sp³-hybridized carbons (Fsp3) is 0.320. The third-order valence-electron chi connectivity index (χ3n) is 6.62. The Hall–Kier alpha value is -3.59. The first-order valence-electron chi connectivity index (χ1n) is 10.8. The fourth-order valence-electron chi connectivity index (χ4n) is 5.03. The monoisotopic (exact) mass is 410 g/mol. The molecule has 0 radical (unpaired) electrons. The lowest BCUT2D eigenvalue weighted by molar-refractivity contribution is 0.437. The Kier molecular flexibility index (Phi) is 4.95. The first-order valence-corrected chi connectivity index (χ1v) is 10.8. The smallest absolute Gasteiger partial charge is 0.144 e. The number of anilines is 3. The molecule has 6 nitrogen and oxygen atoms in total. The van der Waals surface area contributed by atoms with Crippen LogP contribution >= 0.6 is 0 Å². The molecule has 156 valence electrons. The highest BCUT2D eigenvalue weighted by Gasteiger charge is 2.36. The zero-order valence-corrected chi connectivity index (χ0v) is 17.8. The molecule has 3 aromatic rings. The Balaban J connectivity index is 1.50. The van der Waals surface area contributed by atoms with Gasteiger partial charge >= 0.3 is 0 Å². The molecule has 0 amide bonds. The summed E-state index contributed by atoms with van der Waals surface area (Å²) in [4.78, 5) is 11.4. The van der Waals surface area contributed by atoms with E-state index < -0.39 is 0 Å². The van der Waals surface area contributed by atoms with Crippen LogP contribution in [0.15, 0.2) is 54.9 Å². The van der Waals surface area contributed by atoms with Gasteiger partial charge in [0.1, 0.15) is 11.6 Å². The van der Waals surface area contributed by atoms with E-state index in [-0.39, 0.29) is 12.0 Å². The second-order valence-electron chi connectivity index (χ2n) is 8.35. The van der Waals surface area contributed by atoms with Gasteiger partial charge in [-0.25, -0.2) is 9.97 Å². The third kappa shape index (κ3) is 3.46. The van der Waals surface area contributed by atoms with E-state index in [0.29, 0.717) is 6.04 Å². The van der Waals surface area contributed by atoms with Crippen LogP contribution in [0.4, 0.5) is 17.3 Å². The summed E-state index contributed by atoms with van der Waals surface area (Å²) in [6, 6.07) is 17.8. The van der Waals surface area contributed by atoms with Gasteiger partial charge in [-0.15, -0.1) is 0 Å². The topological polar surface area (TPSA) is 76.9 Å². The maximum absolute atomic E-state index is 9.44. The molecule has 0 spiro atoms. The average molecular weight is 411 g/mol. The summed E-state index contributed by atoms with van der Waals surface area (Å²) in [7, 11) is 1.84. The summed E-state index contributed by atoms with van der Waals surface area (Å²) < 4.78 is 0. The van der Waals surface area contributed by atoms with Gasteiger partial charge in [0, 0.05) is 31.2 Å². The van der Waals surface area contributed by atoms with Crippen LogP contribution in [0.25, 0.3) is 0 Å². The molecule has 5 rings (SSSR count). The van der Waals surface area contributed by atoms with Crippen molar-refractivity contribution >= 4 is 17.3 Å². The molecule has 0 unspecified atom stereocenters. The van der Waals surface area contributed by atoms with Gasteiger partial charge in [0.05, 0.1) is 30.1 Å². The van der Waals surface area contributed by atoms with Crippen molar-refractivity contribution in [3.63, 3.8) is 0 Å². The minimum absolute atomic E-state index is 0.247. The van der Waals surface area contributed by atoms with E-state index in [4.69, 9.17) is 0 Å². The number of piperidine rings is 1. The van der Waals surface area contributed by atoms with E-state index >= 15 is 0 Å². The number of aromatic nitrogens is 2. The minimum atomic E-state index is 0.247. The summed E-state index contributed by atoms with van der Waals surface area (Å²) in [6.07, 6.45) is 5.55. The van der Waals surface area contributed by atoms with Gasteiger partial charge in [0.25, 0.3) is 0 Å². The molecule has 1 aromatic heterocycles. The average Bonchev–Trinajstić information content (AvgIpc) is 2.93. The number of nitrogens with one attached hydrogen (secondary N) is 2. The standard InChI is InChI=1S/C25H26N6/c1-16-19-5-3-4-6-20(19)23-12-18(30-25-15-28-24(27-2)14-29-25)9-10-31(23)22-8-7-17(13-26)11-21(16)22/h3-8,11,14-16,18,23H,9-10,12H2,1-2H3,(H,27,28)(H,29,30)/t16-,18-,23-/m0/s1. The Labute approximate surface area is 183 Å². The largest absolute Gasteiger partial charge is 0.372 e. The lowest BCUT2D eigenvalue weighted by Gasteiger charge is -2.41. The molecule has 31 heavy (non-hydrogen) atoms. The molecule has 2 aliphatic heterocycles. The molecular weight excluding hydrogens is 384 g/mol. The van der Waals surface area contributed by atoms with Crippen LogP contribution in [0.2, 0.25) is 0 Å². The van der Waals surface area contributed by atoms with Crippen molar-refractivity contribution in [2.75, 3.05) is 29.1 Å². The molecule has 6 heteroatoms. The Bertz CT molecular complexity index is 1130. The van der Waals surface area contributed by atoms with Crippen LogP contribution in [-0.4, -0.2) is 29.6 Å². The Morgan fingerprint density at radius 1 is 1.03 bits per heavy atom. The van der Waals surface area contributed by atoms with E-state index in [1.54, 1.807) is 12.4 Å². The van der Waals surface area contributed by atoms with E-state index in [1.165, 1.54) is 22.4 Å². The van der Waals surface area contributed by atoms with Gasteiger partial charge < -0.3 is 15.5 Å². The highest BCUT2D eigenvalue weighted by Crippen LogP contribution is 2.46. The molecule has 1 fully saturated rings. The van der Waals surface area contributed by atoms with Crippen LogP contribution in [0, 0.1) is 11.3 Å². The van der Waals surface area contributed by atoms with Crippen molar-refractivity contribution in [2.45, 2.75) is 37.8 Å². The highest BCUT2D eigenvalue weighted by atomic mass is 15.2. The Morgan fingerprint density at radius 3 is 2.55 bits per heavy atom. The second kappa shape index (κ2) is 7.92. The lowest BCUT2D eigenvalue weighted by atomic mass is 9.86. The molecule has 1 saturated heterocycles. The zero-order chi connectivity index (χ0) is 21.4. The van der Waals surface area contributed by atoms with Crippen molar-refractivity contribution in [1.29, 1.82) is 5.26 Å². The van der Waals surface area contributed by atoms with Crippen molar-refractivity contribution in [3.05, 3.63) is 77.1 Å². The van der Waals surface area contributed by atoms with E-state index in [0.717, 1.165) is 36.6 Å². The molecule has 2 aliphatic rings. The number of benzene rings is 2. The summed E-state index contributed by atoms with van der Waals surface area (Å²) in [5, 5.41) is 16.0. The molecule has 0 saturated carbocycles. The molecule has 3 atom stereocenters. The van der Waals surface area contributed by atoms with Gasteiger partial charge in [-0.1, -0.05) is 31.2 Å². The highest BCUT2D eigenvalue weighted by molar-refractivity contribution is 5.64. The first kappa shape index (κ1) is 19.4. The van der Waals surface area contributed by atoms with E-state index in [1.807, 2.05) is 13.1 Å². The molecule has 2 aromatic carbocycles. The van der Waals surface area contributed by atoms with Crippen LogP contribution in [-0.2, 0) is 0 Å². The minimum Gasteiger partial charge on any atom is -0.372 e. The molecule has 2 N–H and O–H groups in total. The van der Waals surface area contributed by atoms with E-state index in [2.05, 4.69) is 74.9 Å². The number of hydrogen-bond donors (Lipinski definition) is 2. The Morgan fingerprint density at radius 2 is 1.81 bits per heavy atom. The molecule has 0 bridgehead atoms. The van der Waals surface area contributed by atoms with Gasteiger partial charge in [-0.3, -0.25) is 0 Å². The first-order chi connectivity index (χ1) is 15.2. The number of nitrogens with zero attached hydrogens (tertiary/aromatic N) is 4. The maximum Gasteiger partial charge on any atom is 0.144 e. The van der Waals surface area contributed by atoms with Crippen molar-refractivity contribution in [1.82, 2.24) is 9.97 Å². The van der Waals surface area contributed by atoms with Gasteiger partial charge in [0.2, 0.25) is 0 Å². The molecular formula is C25H26N6. The zero-order valence-electron chi connectivity index (χ0n) is 17.8. The number of nitriles is 1. The number of fused-ring (bicyclic) bond motifs is 5. The fourth-order valence-corrected chi connectivity index (χ4v) is 5.03. The van der Waals surface area contributed by atoms with Crippen LogP contribution in [0.3, 0.4) is 0 Å². The third-order valence-corrected chi connectivity index (χ3v) is 6.62. The van der Waals surface area contributed by atoms with Crippen molar-refractivity contribution in [3.8, 4) is 6.07 Å². The van der Waals surface area contributed by atoms with Gasteiger partial charge in [-0.2, -0.15) is 5.26 Å². The molecule has 0 aliphatic carbocycles. The summed E-state index contributed by atoms with van der Waals surface area (Å²) in [6.45, 7) is 3.20. The normalized spacial score (nSPS) is 21.7. The quantitative estimate of drug-likeness (QED) is 0.653. The molecule has 3 heterocycles. The summed E-state index contributed by atoms with van der Waals surface area (Å²) in [5.74, 6) is 1.82. The van der Waals surface area contributed by atoms with Crippen molar-refractivity contribution in [2.24, 2.45) is 0 Å². The van der Waals surface area contributed by atoms with Crippen LogP contribution in [0.1, 0.15) is 54.0 Å². The number of hydrogen-bond acceptors (Lipinski definition) is 6. The summed E-state index contributed by atoms with van der Waals surface area (Å²) in [5.41, 5.74) is 5.96. The predicted molar refractivity (Wildman–Crippen MR) is 123 cm³/mol. The maximum atomic E-state index is 9.44. The van der Waals surface area contributed by atoms with Crippen LogP contribution < -0.4 is 15.5 Å². The SMILES string of the molecule is CNc1cnc(N[C@H]2CCN3c4ccc(C#N)cc4[C@@H](C)c4ccccc4[C@@H]3C2)cn1. The van der Waals surface area contributed by atoms with Crippen LogP contribution in [0.5, 0.6) is 0 Å². The van der Waals surface area contributed by atoms with E-state index in [9.17, 15) is 5.26 Å². The predicted octanol–water partition coefficient (Wildman–Crippen LogP) is 4.68. The summed E-state index contributed by atoms with van der Waals surface area (Å²) >= 11 is 0.